The van der Waals surface area contributed by atoms with Crippen molar-refractivity contribution < 1.29 is 52.6 Å². The number of alkyl carbamates (subject to hydrolysis) is 1. The topological polar surface area (TPSA) is 238 Å². The number of Topliss-reactive ketones (excluding diaryl/α,β-unsaturated/α-hetero) is 2. The average Bonchev–Trinajstić information content (AvgIpc) is 3.69. The second-order valence-corrected chi connectivity index (χ2v) is 19.7. The first-order valence-corrected chi connectivity index (χ1v) is 24.8. The molecule has 0 saturated carbocycles. The smallest absolute Gasteiger partial charge is 0.411 e. The molecule has 2 aliphatic heterocycles. The van der Waals surface area contributed by atoms with Crippen LogP contribution in [0.25, 0.3) is 32.2 Å². The molecule has 0 bridgehead atoms. The van der Waals surface area contributed by atoms with Gasteiger partial charge in [0.25, 0.3) is 0 Å². The van der Waals surface area contributed by atoms with Crippen LogP contribution in [-0.4, -0.2) is 134 Å². The van der Waals surface area contributed by atoms with Crippen LogP contribution in [0, 0.1) is 29.6 Å². The minimum absolute atomic E-state index is 0.0641. The van der Waals surface area contributed by atoms with Gasteiger partial charge in [-0.05, 0) is 74.0 Å². The first-order chi connectivity index (χ1) is 32.8. The average molecular weight is 972 g/mol. The number of benzene rings is 1. The number of aliphatic hydroxyl groups excluding tert-OH is 1. The number of aromatic nitrogens is 2. The van der Waals surface area contributed by atoms with Crippen LogP contribution in [0.3, 0.4) is 0 Å². The minimum Gasteiger partial charge on any atom is -0.493 e. The molecule has 2 saturated heterocycles. The van der Waals surface area contributed by atoms with E-state index < -0.39 is 64.2 Å². The summed E-state index contributed by atoms with van der Waals surface area (Å²) in [5, 5.41) is 22.6. The van der Waals surface area contributed by atoms with E-state index in [1.807, 2.05) is 38.3 Å². The molecule has 362 valence electrons. The third-order valence-corrected chi connectivity index (χ3v) is 12.5. The normalized spacial score (nSPS) is 25.6. The molecular formula is C48H57N7O11S2. The van der Waals surface area contributed by atoms with Crippen molar-refractivity contribution in [2.75, 3.05) is 46.0 Å². The molecule has 1 amide bonds. The molecule has 2 aromatic heterocycles. The van der Waals surface area contributed by atoms with Gasteiger partial charge in [0.05, 0.1) is 68.4 Å². The number of fused-ring (bicyclic) bond motifs is 3. The van der Waals surface area contributed by atoms with Crippen molar-refractivity contribution >= 4 is 60.1 Å². The fourth-order valence-electron chi connectivity index (χ4n) is 8.37. The highest BCUT2D eigenvalue weighted by Crippen LogP contribution is 2.38. The van der Waals surface area contributed by atoms with Gasteiger partial charge in [-0.15, -0.1) is 15.4 Å². The van der Waals surface area contributed by atoms with E-state index in [9.17, 15) is 19.5 Å². The summed E-state index contributed by atoms with van der Waals surface area (Å²) in [6.45, 7) is 8.12. The number of carbonyl (C=O) groups excluding carboxylic acids is 3. The molecule has 68 heavy (non-hydrogen) atoms. The van der Waals surface area contributed by atoms with Crippen LogP contribution in [0.2, 0.25) is 0 Å². The summed E-state index contributed by atoms with van der Waals surface area (Å²) in [5.74, 6) is 10.8. The number of methoxy groups -OCH3 is 2. The van der Waals surface area contributed by atoms with E-state index >= 15 is 0 Å². The fraction of sp³-hybridized carbons (Fsp3) is 0.500. The number of carbonyl (C=O) groups is 3. The van der Waals surface area contributed by atoms with Gasteiger partial charge in [0.1, 0.15) is 23.7 Å². The lowest BCUT2D eigenvalue weighted by Gasteiger charge is -2.43. The Hall–Kier alpha value is -5.48. The molecule has 1 aliphatic carbocycles. The predicted molar refractivity (Wildman–Crippen MR) is 259 cm³/mol. The second-order valence-electron chi connectivity index (χ2n) is 16.5. The van der Waals surface area contributed by atoms with E-state index in [2.05, 4.69) is 54.3 Å². The van der Waals surface area contributed by atoms with Crippen LogP contribution in [0.15, 0.2) is 70.6 Å². The number of amides is 1. The number of hydrogen-bond acceptors (Lipinski definition) is 15. The Morgan fingerprint density at radius 3 is 2.69 bits per heavy atom. The number of pyridine rings is 1. The van der Waals surface area contributed by atoms with Gasteiger partial charge < -0.3 is 48.6 Å². The molecule has 1 aromatic carbocycles. The van der Waals surface area contributed by atoms with Gasteiger partial charge in [-0.3, -0.25) is 19.9 Å². The molecule has 2 fully saturated rings. The lowest BCUT2D eigenvalue weighted by Crippen LogP contribution is -2.55. The fourth-order valence-corrected chi connectivity index (χ4v) is 8.99. The van der Waals surface area contributed by atoms with Crippen molar-refractivity contribution in [1.82, 2.24) is 20.6 Å². The van der Waals surface area contributed by atoms with E-state index in [4.69, 9.17) is 49.9 Å². The van der Waals surface area contributed by atoms with Crippen molar-refractivity contribution in [3.8, 4) is 29.4 Å². The van der Waals surface area contributed by atoms with Crippen LogP contribution in [0.1, 0.15) is 57.4 Å². The van der Waals surface area contributed by atoms with E-state index in [1.165, 1.54) is 13.2 Å². The summed E-state index contributed by atoms with van der Waals surface area (Å²) in [7, 11) is 2.26. The Labute approximate surface area is 402 Å². The highest BCUT2D eigenvalue weighted by Gasteiger charge is 2.46. The number of ether oxygens (including phenoxy) is 7. The summed E-state index contributed by atoms with van der Waals surface area (Å²) >= 11 is 5.50. The lowest BCUT2D eigenvalue weighted by atomic mass is 9.84. The van der Waals surface area contributed by atoms with Crippen LogP contribution in [0.5, 0.6) is 5.75 Å². The maximum absolute atomic E-state index is 14.9. The minimum atomic E-state index is -1.35. The van der Waals surface area contributed by atoms with Crippen LogP contribution in [-0.2, 0) is 53.9 Å². The van der Waals surface area contributed by atoms with Gasteiger partial charge in [0, 0.05) is 64.7 Å². The molecular weight excluding hydrogens is 915 g/mol. The Morgan fingerprint density at radius 1 is 1.18 bits per heavy atom. The number of azide groups is 1. The van der Waals surface area contributed by atoms with Crippen LogP contribution >= 0.6 is 0 Å². The second kappa shape index (κ2) is 24.7. The van der Waals surface area contributed by atoms with Gasteiger partial charge in [0.15, 0.2) is 24.1 Å². The molecule has 20 heteroatoms. The van der Waals surface area contributed by atoms with Gasteiger partial charge in [-0.1, -0.05) is 54.0 Å². The molecule has 10 atom stereocenters. The summed E-state index contributed by atoms with van der Waals surface area (Å²) in [6, 6.07) is 7.32. The zero-order valence-corrected chi connectivity index (χ0v) is 40.6. The number of rotatable bonds is 17. The summed E-state index contributed by atoms with van der Waals surface area (Å²) in [5.41, 5.74) is 10.3. The van der Waals surface area contributed by atoms with Crippen molar-refractivity contribution in [3.05, 3.63) is 81.7 Å². The van der Waals surface area contributed by atoms with Gasteiger partial charge in [-0.2, -0.15) is 0 Å². The Morgan fingerprint density at radius 2 is 1.97 bits per heavy atom. The number of aromatic amines is 1. The molecule has 6 rings (SSSR count). The predicted octanol–water partition coefficient (Wildman–Crippen LogP) is 5.40. The Bertz CT molecular complexity index is 2640. The Balaban J connectivity index is 1.41. The third-order valence-electron chi connectivity index (χ3n) is 11.5. The van der Waals surface area contributed by atoms with Crippen molar-refractivity contribution in [2.45, 2.75) is 102 Å². The standard InChI is InChI=1S/C48H57N7O11S2/c1-8-9-10-11-12-13-38(42-31(17-21-68(7)67)36(56)24-37(57)44(42)54-48(59)61-6)66-47-40(65-41-25-39(60-5)35(26-63-41)52-27(2)3)23-32(28(4)64-47)46(58)45-43-30(16-18-50-45)33-22-29(14-15-34(33)53-43)62-20-19-51-55-49/h10-11,14-18,22,27-28,32,35-36,38-41,47,52-53,56H,19-21,23-26H2,1-7H3,(H,54,59)/b11-10-,31-17-/t28?,32?,35?,36-,38-,39?,40?,41?,47?,68?/m0/s1. The molecule has 18 nitrogen and oxygen atoms in total. The lowest BCUT2D eigenvalue weighted by molar-refractivity contribution is -0.304. The van der Waals surface area contributed by atoms with Crippen molar-refractivity contribution in [3.63, 3.8) is 0 Å². The number of aliphatic hydroxyl groups is 1. The molecule has 0 radical (unpaired) electrons. The number of nitrogens with zero attached hydrogens (tertiary/aromatic N) is 4. The highest BCUT2D eigenvalue weighted by molar-refractivity contribution is 8.28. The van der Waals surface area contributed by atoms with E-state index in [-0.39, 0.29) is 79.1 Å². The highest BCUT2D eigenvalue weighted by atomic mass is 32.8. The van der Waals surface area contributed by atoms with Gasteiger partial charge in [0.2, 0.25) is 0 Å². The van der Waals surface area contributed by atoms with Crippen LogP contribution in [0.4, 0.5) is 4.79 Å². The Kier molecular flexibility index (Phi) is 18.8. The molecule has 8 unspecified atom stereocenters. The molecule has 4 heterocycles. The zero-order chi connectivity index (χ0) is 48.9. The van der Waals surface area contributed by atoms with E-state index in [0.717, 1.165) is 16.3 Å². The maximum Gasteiger partial charge on any atom is 0.411 e. The van der Waals surface area contributed by atoms with Gasteiger partial charge >= 0.3 is 6.09 Å². The molecule has 3 aliphatic rings. The van der Waals surface area contributed by atoms with Crippen molar-refractivity contribution in [2.24, 2.45) is 11.0 Å². The molecule has 0 spiro atoms. The SMILES string of the molecule is CC#C/C=C\C#C[C@H](OC1OC(C)C(C(=O)c2nccc3c2[nH]c2ccc(OCCN=[N+]=[N-])cc23)CC1OC1CC(OC)C(NC(C)C)CO1)C1=C(NC(=O)OC)C(=O)C[C@H](O)/C1=C/CS(C)=S. The number of nitrogens with one attached hydrogen (secondary N) is 3. The van der Waals surface area contributed by atoms with E-state index in [0.29, 0.717) is 23.4 Å². The van der Waals surface area contributed by atoms with E-state index in [1.54, 1.807) is 45.4 Å². The quantitative estimate of drug-likeness (QED) is 0.0331. The monoisotopic (exact) mass is 971 g/mol. The number of H-pyrrole nitrogens is 1. The third kappa shape index (κ3) is 13.0. The number of ketones is 2. The molecule has 3 aromatic rings. The molecule has 4 N–H and O–H groups in total. The largest absolute Gasteiger partial charge is 0.493 e. The number of allylic oxidation sites excluding steroid dienone is 3. The first-order valence-electron chi connectivity index (χ1n) is 22.1. The maximum atomic E-state index is 14.9. The summed E-state index contributed by atoms with van der Waals surface area (Å²) < 4.78 is 43.2. The van der Waals surface area contributed by atoms with Crippen LogP contribution < -0.4 is 15.4 Å². The summed E-state index contributed by atoms with van der Waals surface area (Å²) in [4.78, 5) is 52.2. The summed E-state index contributed by atoms with van der Waals surface area (Å²) in [6.07, 6.45) is 0.524. The number of hydrogen-bond donors (Lipinski definition) is 4. The van der Waals surface area contributed by atoms with Crippen molar-refractivity contribution in [1.29, 1.82) is 0 Å². The zero-order valence-electron chi connectivity index (χ0n) is 39.0. The first kappa shape index (κ1) is 51.9. The van der Waals surface area contributed by atoms with Gasteiger partial charge in [-0.25, -0.2) is 4.79 Å².